The van der Waals surface area contributed by atoms with E-state index in [4.69, 9.17) is 0 Å². The molecule has 0 amide bonds. The summed E-state index contributed by atoms with van der Waals surface area (Å²) in [7, 11) is 2.05. The fourth-order valence-corrected chi connectivity index (χ4v) is 2.70. The Bertz CT molecular complexity index is 600. The van der Waals surface area contributed by atoms with Crippen LogP contribution in [0, 0.1) is 0 Å². The minimum atomic E-state index is -1.19. The van der Waals surface area contributed by atoms with Gasteiger partial charge in [-0.05, 0) is 18.6 Å². The van der Waals surface area contributed by atoms with Gasteiger partial charge in [-0.1, -0.05) is 13.3 Å². The summed E-state index contributed by atoms with van der Waals surface area (Å²) in [6, 6.07) is 0. The van der Waals surface area contributed by atoms with E-state index < -0.39 is 5.97 Å². The summed E-state index contributed by atoms with van der Waals surface area (Å²) in [5.74, 6) is -0.305. The lowest BCUT2D eigenvalue weighted by molar-refractivity contribution is -0.813. The van der Waals surface area contributed by atoms with Gasteiger partial charge in [0, 0.05) is 11.6 Å². The third-order valence-corrected chi connectivity index (χ3v) is 3.74. The lowest BCUT2D eigenvalue weighted by Gasteiger charge is -2.10. The summed E-state index contributed by atoms with van der Waals surface area (Å²) < 4.78 is 1.91. The normalized spacial score (nSPS) is 13.4. The fourth-order valence-electron chi connectivity index (χ4n) is 1.98. The minimum absolute atomic E-state index is 0.814. The number of fused-ring (bicyclic) bond motifs is 1. The molecule has 0 aliphatic carbocycles. The van der Waals surface area contributed by atoms with Crippen molar-refractivity contribution in [1.82, 2.24) is 9.38 Å². The van der Waals surface area contributed by atoms with Crippen molar-refractivity contribution in [2.75, 3.05) is 13.6 Å². The highest BCUT2D eigenvalue weighted by Gasteiger charge is 2.18. The lowest BCUT2D eigenvalue weighted by atomic mass is 10.3. The van der Waals surface area contributed by atoms with E-state index in [1.807, 2.05) is 16.0 Å². The Kier molecular flexibility index (Phi) is 4.34. The van der Waals surface area contributed by atoms with E-state index in [0.29, 0.717) is 0 Å². The maximum absolute atomic E-state index is 10.6. The average Bonchev–Trinajstić information content (AvgIpc) is 2.93. The highest BCUT2D eigenvalue weighted by molar-refractivity contribution is 7.15. The van der Waals surface area contributed by atoms with Crippen LogP contribution in [0.15, 0.2) is 17.7 Å². The van der Waals surface area contributed by atoms with Gasteiger partial charge in [0.05, 0.1) is 19.6 Å². The van der Waals surface area contributed by atoms with Crippen molar-refractivity contribution < 1.29 is 14.8 Å². The Hall–Kier alpha value is -1.66. The van der Waals surface area contributed by atoms with Gasteiger partial charge in [-0.2, -0.15) is 4.98 Å². The van der Waals surface area contributed by atoms with Crippen molar-refractivity contribution in [3.63, 3.8) is 0 Å². The molecule has 2 heterocycles. The first-order valence-electron chi connectivity index (χ1n) is 6.31. The van der Waals surface area contributed by atoms with Crippen LogP contribution in [0.1, 0.15) is 25.5 Å². The van der Waals surface area contributed by atoms with Crippen molar-refractivity contribution in [3.05, 3.63) is 23.3 Å². The van der Waals surface area contributed by atoms with Crippen molar-refractivity contribution in [3.8, 4) is 0 Å². The largest absolute Gasteiger partial charge is 0.545 e. The molecular weight excluding hydrogens is 262 g/mol. The van der Waals surface area contributed by atoms with Crippen molar-refractivity contribution >= 4 is 34.2 Å². The second-order valence-electron chi connectivity index (χ2n) is 4.44. The number of thiazole rings is 1. The van der Waals surface area contributed by atoms with Gasteiger partial charge in [0.2, 0.25) is 0 Å². The van der Waals surface area contributed by atoms with Gasteiger partial charge in [0.15, 0.2) is 4.96 Å². The summed E-state index contributed by atoms with van der Waals surface area (Å²) in [5.41, 5.74) is 0.814. The Labute approximate surface area is 115 Å². The van der Waals surface area contributed by atoms with Crippen LogP contribution < -0.4 is 10.0 Å². The zero-order valence-electron chi connectivity index (χ0n) is 11.0. The van der Waals surface area contributed by atoms with E-state index in [-0.39, 0.29) is 0 Å². The summed E-state index contributed by atoms with van der Waals surface area (Å²) in [4.78, 5) is 17.2. The number of nitrogens with zero attached hydrogens (tertiary/aromatic N) is 2. The van der Waals surface area contributed by atoms with Crippen LogP contribution in [-0.4, -0.2) is 28.9 Å². The first-order chi connectivity index (χ1) is 9.13. The average molecular weight is 279 g/mol. The smallest absolute Gasteiger partial charge is 0.253 e. The number of nitrogens with one attached hydrogen (secondary N) is 1. The maximum atomic E-state index is 10.6. The highest BCUT2D eigenvalue weighted by atomic mass is 32.1. The summed E-state index contributed by atoms with van der Waals surface area (Å²) in [6.07, 6.45) is 6.76. The first kappa shape index (κ1) is 13.8. The molecule has 0 aromatic carbocycles. The van der Waals surface area contributed by atoms with Crippen LogP contribution in [0.4, 0.5) is 5.82 Å². The number of imidazole rings is 1. The van der Waals surface area contributed by atoms with Crippen molar-refractivity contribution in [2.45, 2.75) is 19.8 Å². The van der Waals surface area contributed by atoms with Gasteiger partial charge in [0.1, 0.15) is 5.69 Å². The van der Waals surface area contributed by atoms with E-state index in [1.165, 1.54) is 16.2 Å². The van der Waals surface area contributed by atoms with Gasteiger partial charge < -0.3 is 9.90 Å². The number of carboxylic acid groups (broad SMARTS) is 1. The molecule has 2 aromatic heterocycles. The molecule has 0 spiro atoms. The molecule has 1 N–H and O–H groups in total. The molecule has 5 nitrogen and oxygen atoms in total. The number of quaternary nitrogens is 1. The number of carbonyl (C=O) groups is 1. The van der Waals surface area contributed by atoms with E-state index in [0.717, 1.165) is 41.9 Å². The highest BCUT2D eigenvalue weighted by Crippen LogP contribution is 2.20. The predicted molar refractivity (Wildman–Crippen MR) is 73.4 cm³/mol. The number of aliphatic carboxylic acids is 1. The molecule has 2 rings (SSSR count). The van der Waals surface area contributed by atoms with Gasteiger partial charge in [0.25, 0.3) is 5.82 Å². The molecule has 6 heteroatoms. The third kappa shape index (κ3) is 3.02. The molecule has 2 aromatic rings. The summed E-state index contributed by atoms with van der Waals surface area (Å²) >= 11 is 1.54. The van der Waals surface area contributed by atoms with E-state index in [2.05, 4.69) is 19.0 Å². The zero-order chi connectivity index (χ0) is 13.8. The van der Waals surface area contributed by atoms with Crippen LogP contribution in [0.5, 0.6) is 0 Å². The Morgan fingerprint density at radius 2 is 2.42 bits per heavy atom. The van der Waals surface area contributed by atoms with Crippen LogP contribution >= 0.6 is 11.3 Å². The van der Waals surface area contributed by atoms with Gasteiger partial charge in [-0.15, -0.1) is 11.3 Å². The standard InChI is InChI=1S/C13H17N3O2S/c1-3-4-7-15(2)12-10(5-6-11(17)18)16-8-9-19-13(16)14-12/h5-6,8-9H,3-4,7H2,1-2H3,(H,17,18)/b6-5+. The fraction of sp³-hybridized carbons (Fsp3) is 0.385. The number of unbranched alkanes of at least 4 members (excludes halogenated alkanes) is 1. The van der Waals surface area contributed by atoms with Gasteiger partial charge >= 0.3 is 0 Å². The third-order valence-electron chi connectivity index (χ3n) is 2.99. The van der Waals surface area contributed by atoms with E-state index >= 15 is 0 Å². The lowest BCUT2D eigenvalue weighted by Crippen LogP contribution is -3.04. The second-order valence-corrected chi connectivity index (χ2v) is 5.31. The Balaban J connectivity index is 2.38. The summed E-state index contributed by atoms with van der Waals surface area (Å²) in [6.45, 7) is 3.13. The molecule has 0 saturated carbocycles. The number of carboxylic acids is 1. The molecule has 0 radical (unpaired) electrons. The quantitative estimate of drug-likeness (QED) is 0.763. The molecule has 1 atom stereocenters. The SMILES string of the molecule is CCCC[NH+](C)c1nc2sccn2c1/C=C/C(=O)[O-]. The number of hydrogen-bond donors (Lipinski definition) is 1. The number of aromatic nitrogens is 2. The molecule has 102 valence electrons. The van der Waals surface area contributed by atoms with Crippen LogP contribution in [-0.2, 0) is 4.79 Å². The van der Waals surface area contributed by atoms with E-state index in [1.54, 1.807) is 6.08 Å². The molecule has 0 aliphatic rings. The van der Waals surface area contributed by atoms with Crippen LogP contribution in [0.25, 0.3) is 11.0 Å². The number of hydrogen-bond acceptors (Lipinski definition) is 4. The van der Waals surface area contributed by atoms with Crippen molar-refractivity contribution in [1.29, 1.82) is 0 Å². The molecular formula is C13H17N3O2S. The van der Waals surface area contributed by atoms with Gasteiger partial charge in [-0.3, -0.25) is 9.30 Å². The topological polar surface area (TPSA) is 61.9 Å². The summed E-state index contributed by atoms with van der Waals surface area (Å²) in [5, 5.41) is 12.5. The molecule has 0 saturated heterocycles. The van der Waals surface area contributed by atoms with Crippen LogP contribution in [0.3, 0.4) is 0 Å². The van der Waals surface area contributed by atoms with Crippen molar-refractivity contribution in [2.24, 2.45) is 0 Å². The van der Waals surface area contributed by atoms with E-state index in [9.17, 15) is 9.90 Å². The Morgan fingerprint density at radius 1 is 1.63 bits per heavy atom. The van der Waals surface area contributed by atoms with Gasteiger partial charge in [-0.25, -0.2) is 0 Å². The first-order valence-corrected chi connectivity index (χ1v) is 7.19. The molecule has 19 heavy (non-hydrogen) atoms. The second kappa shape index (κ2) is 5.99. The van der Waals surface area contributed by atoms with Crippen LogP contribution in [0.2, 0.25) is 0 Å². The monoisotopic (exact) mass is 279 g/mol. The minimum Gasteiger partial charge on any atom is -0.545 e. The number of carbonyl (C=O) groups excluding carboxylic acids is 1. The zero-order valence-corrected chi connectivity index (χ0v) is 11.9. The molecule has 0 aliphatic heterocycles. The number of rotatable bonds is 6. The Morgan fingerprint density at radius 3 is 3.11 bits per heavy atom. The predicted octanol–water partition coefficient (Wildman–Crippen LogP) is 0.105. The molecule has 1 unspecified atom stereocenters. The maximum Gasteiger partial charge on any atom is 0.253 e. The molecule has 0 bridgehead atoms. The molecule has 0 fully saturated rings.